The van der Waals surface area contributed by atoms with Crippen molar-refractivity contribution in [2.24, 2.45) is 0 Å². The van der Waals surface area contributed by atoms with E-state index >= 15 is 0 Å². The quantitative estimate of drug-likeness (QED) is 0.805. The molecule has 1 aromatic carbocycles. The zero-order chi connectivity index (χ0) is 16.7. The average molecular weight is 402 g/mol. The van der Waals surface area contributed by atoms with Gasteiger partial charge in [-0.2, -0.15) is 0 Å². The number of carbonyl (C=O) groups is 1. The van der Waals surface area contributed by atoms with Crippen molar-refractivity contribution in [2.75, 3.05) is 0 Å². The van der Waals surface area contributed by atoms with Crippen LogP contribution in [0.15, 0.2) is 23.1 Å². The first-order valence-electron chi connectivity index (χ1n) is 5.54. The van der Waals surface area contributed by atoms with Crippen molar-refractivity contribution in [1.82, 2.24) is 0 Å². The fraction of sp³-hybridized carbons (Fsp3) is 0.0833. The monoisotopic (exact) mass is 400 g/mol. The van der Waals surface area contributed by atoms with Gasteiger partial charge in [-0.1, -0.05) is 40.9 Å². The first kappa shape index (κ1) is 17.4. The molecule has 0 aliphatic carbocycles. The van der Waals surface area contributed by atoms with E-state index in [4.69, 9.17) is 39.9 Å². The summed E-state index contributed by atoms with van der Waals surface area (Å²) >= 11 is 18.3. The Kier molecular flexibility index (Phi) is 4.93. The van der Waals surface area contributed by atoms with Crippen molar-refractivity contribution in [3.05, 3.63) is 43.0 Å². The molecule has 0 aliphatic heterocycles. The molecule has 0 aliphatic rings. The van der Waals surface area contributed by atoms with Gasteiger partial charge >= 0.3 is 5.97 Å². The average Bonchev–Trinajstić information content (AvgIpc) is 2.62. The molecule has 0 spiro atoms. The molecule has 0 unspecified atom stereocenters. The van der Waals surface area contributed by atoms with Crippen LogP contribution in [0.4, 0.5) is 0 Å². The fourth-order valence-electron chi connectivity index (χ4n) is 1.74. The Morgan fingerprint density at radius 2 is 1.82 bits per heavy atom. The number of hydrogen-bond acceptors (Lipinski definition) is 5. The Balaban J connectivity index is 2.41. The van der Waals surface area contributed by atoms with Crippen LogP contribution in [0.25, 0.3) is 0 Å². The molecule has 5 nitrogen and oxygen atoms in total. The van der Waals surface area contributed by atoms with Crippen molar-refractivity contribution in [1.29, 1.82) is 0 Å². The summed E-state index contributed by atoms with van der Waals surface area (Å²) in [4.78, 5) is 10.5. The minimum Gasteiger partial charge on any atom is -0.507 e. The molecule has 0 radical (unpaired) electrons. The number of benzene rings is 1. The second-order valence-corrected chi connectivity index (χ2v) is 8.74. The standard InChI is InChI=1S/C12H7Cl3O5S2/c13-8-9(11(15)21-10(8)14)22(19,20)4-5-1-2-6(12(17)18)7(16)3-5/h1-3,16H,4H2,(H,17,18). The van der Waals surface area contributed by atoms with E-state index in [1.165, 1.54) is 6.07 Å². The van der Waals surface area contributed by atoms with Gasteiger partial charge in [0.25, 0.3) is 0 Å². The molecule has 2 N–H and O–H groups in total. The Hall–Kier alpha value is -0.990. The van der Waals surface area contributed by atoms with E-state index in [-0.39, 0.29) is 29.7 Å². The molecule has 0 saturated carbocycles. The maximum Gasteiger partial charge on any atom is 0.339 e. The lowest BCUT2D eigenvalue weighted by molar-refractivity contribution is 0.0693. The predicted molar refractivity (Wildman–Crippen MR) is 85.3 cm³/mol. The molecular weight excluding hydrogens is 395 g/mol. The van der Waals surface area contributed by atoms with E-state index in [9.17, 15) is 18.3 Å². The third kappa shape index (κ3) is 3.33. The molecule has 0 bridgehead atoms. The summed E-state index contributed by atoms with van der Waals surface area (Å²) < 4.78 is 24.7. The summed E-state index contributed by atoms with van der Waals surface area (Å²) in [6.45, 7) is 0. The van der Waals surface area contributed by atoms with Crippen molar-refractivity contribution in [2.45, 2.75) is 10.6 Å². The molecule has 1 heterocycles. The number of phenols is 1. The summed E-state index contributed by atoms with van der Waals surface area (Å²) in [6, 6.07) is 3.47. The molecule has 0 fully saturated rings. The van der Waals surface area contributed by atoms with Gasteiger partial charge in [-0.25, -0.2) is 13.2 Å². The third-order valence-electron chi connectivity index (χ3n) is 2.69. The van der Waals surface area contributed by atoms with Crippen LogP contribution >= 0.6 is 46.1 Å². The summed E-state index contributed by atoms with van der Waals surface area (Å²) in [7, 11) is -3.90. The number of rotatable bonds is 4. The number of aromatic carboxylic acids is 1. The molecule has 2 rings (SSSR count). The number of carboxylic acid groups (broad SMARTS) is 1. The van der Waals surface area contributed by atoms with Crippen LogP contribution < -0.4 is 0 Å². The van der Waals surface area contributed by atoms with Crippen molar-refractivity contribution < 1.29 is 23.4 Å². The Bertz CT molecular complexity index is 858. The van der Waals surface area contributed by atoms with E-state index in [1.807, 2.05) is 0 Å². The largest absolute Gasteiger partial charge is 0.507 e. The highest BCUT2D eigenvalue weighted by Crippen LogP contribution is 2.43. The van der Waals surface area contributed by atoms with Gasteiger partial charge in [0.05, 0.1) is 10.8 Å². The number of hydrogen-bond donors (Lipinski definition) is 2. The SMILES string of the molecule is O=C(O)c1ccc(CS(=O)(=O)c2c(Cl)sc(Cl)c2Cl)cc1O. The van der Waals surface area contributed by atoms with Crippen LogP contribution in [0.5, 0.6) is 5.75 Å². The Morgan fingerprint density at radius 1 is 1.18 bits per heavy atom. The lowest BCUT2D eigenvalue weighted by Crippen LogP contribution is -2.06. The number of aromatic hydroxyl groups is 1. The Morgan fingerprint density at radius 3 is 2.27 bits per heavy atom. The van der Waals surface area contributed by atoms with Gasteiger partial charge in [0.15, 0.2) is 9.84 Å². The van der Waals surface area contributed by atoms with E-state index in [1.54, 1.807) is 0 Å². The van der Waals surface area contributed by atoms with E-state index < -0.39 is 27.3 Å². The van der Waals surface area contributed by atoms with Crippen molar-refractivity contribution in [3.63, 3.8) is 0 Å². The molecule has 0 amide bonds. The molecule has 0 atom stereocenters. The molecule has 2 aromatic rings. The number of sulfone groups is 1. The van der Waals surface area contributed by atoms with Gasteiger partial charge in [0.1, 0.15) is 24.9 Å². The highest BCUT2D eigenvalue weighted by molar-refractivity contribution is 7.91. The summed E-state index contributed by atoms with van der Waals surface area (Å²) in [6.07, 6.45) is 0. The van der Waals surface area contributed by atoms with Gasteiger partial charge in [0.2, 0.25) is 0 Å². The van der Waals surface area contributed by atoms with Gasteiger partial charge < -0.3 is 10.2 Å². The van der Waals surface area contributed by atoms with Crippen LogP contribution in [0, 0.1) is 0 Å². The molecule has 1 aromatic heterocycles. The maximum absolute atomic E-state index is 12.4. The van der Waals surface area contributed by atoms with Crippen LogP contribution in [0.2, 0.25) is 13.7 Å². The Labute approximate surface area is 144 Å². The van der Waals surface area contributed by atoms with Crippen molar-refractivity contribution >= 4 is 61.9 Å². The molecule has 22 heavy (non-hydrogen) atoms. The van der Waals surface area contributed by atoms with Gasteiger partial charge in [0, 0.05) is 0 Å². The van der Waals surface area contributed by atoms with Gasteiger partial charge in [-0.05, 0) is 17.7 Å². The highest BCUT2D eigenvalue weighted by Gasteiger charge is 2.27. The zero-order valence-corrected chi connectivity index (χ0v) is 14.4. The van der Waals surface area contributed by atoms with Crippen molar-refractivity contribution in [3.8, 4) is 5.75 Å². The number of thiophene rings is 1. The fourth-order valence-corrected chi connectivity index (χ4v) is 6.09. The minimum absolute atomic E-state index is 0.0543. The second-order valence-electron chi connectivity index (χ2n) is 4.21. The minimum atomic E-state index is -3.90. The van der Waals surface area contributed by atoms with Crippen LogP contribution in [0.3, 0.4) is 0 Å². The van der Waals surface area contributed by atoms with Gasteiger partial charge in [-0.15, -0.1) is 11.3 Å². The lowest BCUT2D eigenvalue weighted by atomic mass is 10.1. The van der Waals surface area contributed by atoms with Crippen LogP contribution in [-0.2, 0) is 15.6 Å². The number of halogens is 3. The predicted octanol–water partition coefficient (Wildman–Crippen LogP) is 4.09. The number of carboxylic acids is 1. The van der Waals surface area contributed by atoms with Crippen LogP contribution in [-0.4, -0.2) is 24.6 Å². The molecule has 0 saturated heterocycles. The summed E-state index contributed by atoms with van der Waals surface area (Å²) in [5.74, 6) is -2.35. The normalized spacial score (nSPS) is 11.6. The third-order valence-corrected chi connectivity index (χ3v) is 6.98. The topological polar surface area (TPSA) is 91.7 Å². The molecule has 10 heteroatoms. The highest BCUT2D eigenvalue weighted by atomic mass is 35.5. The van der Waals surface area contributed by atoms with E-state index in [0.717, 1.165) is 23.5 Å². The lowest BCUT2D eigenvalue weighted by Gasteiger charge is -2.06. The maximum atomic E-state index is 12.4. The zero-order valence-electron chi connectivity index (χ0n) is 10.5. The van der Waals surface area contributed by atoms with E-state index in [0.29, 0.717) is 0 Å². The van der Waals surface area contributed by atoms with Crippen LogP contribution in [0.1, 0.15) is 15.9 Å². The first-order valence-corrected chi connectivity index (χ1v) is 9.15. The first-order chi connectivity index (χ1) is 10.1. The van der Waals surface area contributed by atoms with Gasteiger partial charge in [-0.3, -0.25) is 0 Å². The molecule has 118 valence electrons. The molecular formula is C12H7Cl3O5S2. The smallest absolute Gasteiger partial charge is 0.339 e. The summed E-state index contributed by atoms with van der Waals surface area (Å²) in [5, 5.41) is 18.3. The van der Waals surface area contributed by atoms with E-state index in [2.05, 4.69) is 0 Å². The summed E-state index contributed by atoms with van der Waals surface area (Å²) in [5.41, 5.74) is -0.132. The second kappa shape index (κ2) is 6.25.